The maximum absolute atomic E-state index is 13.1. The van der Waals surface area contributed by atoms with Crippen molar-refractivity contribution in [3.05, 3.63) is 65.1 Å². The number of anilines is 1. The summed E-state index contributed by atoms with van der Waals surface area (Å²) in [5.74, 6) is -1.16. The van der Waals surface area contributed by atoms with Crippen molar-refractivity contribution in [2.24, 2.45) is 0 Å². The molecular formula is C26H31F3N2O5S. The Morgan fingerprint density at radius 3 is 2.32 bits per heavy atom. The van der Waals surface area contributed by atoms with E-state index < -0.39 is 44.3 Å². The Morgan fingerprint density at radius 1 is 1.14 bits per heavy atom. The molecule has 1 atom stereocenters. The lowest BCUT2D eigenvalue weighted by Crippen LogP contribution is -2.41. The Hall–Kier alpha value is -3.08. The van der Waals surface area contributed by atoms with E-state index in [1.807, 2.05) is 20.8 Å². The summed E-state index contributed by atoms with van der Waals surface area (Å²) >= 11 is 0. The number of benzene rings is 1. The summed E-state index contributed by atoms with van der Waals surface area (Å²) in [6.07, 6.45) is -0.672. The average molecular weight is 541 g/mol. The number of sulfonamides is 1. The fourth-order valence-corrected chi connectivity index (χ4v) is 5.78. The minimum absolute atomic E-state index is 0.0232. The molecule has 0 amide bonds. The third kappa shape index (κ3) is 6.44. The lowest BCUT2D eigenvalue weighted by molar-refractivity contribution is -0.161. The number of alkyl halides is 3. The summed E-state index contributed by atoms with van der Waals surface area (Å²) in [4.78, 5) is 16.6. The summed E-state index contributed by atoms with van der Waals surface area (Å²) in [5.41, 5.74) is -0.949. The predicted molar refractivity (Wildman–Crippen MR) is 132 cm³/mol. The lowest BCUT2D eigenvalue weighted by Gasteiger charge is -2.38. The number of halogens is 3. The molecule has 1 aromatic carbocycles. The van der Waals surface area contributed by atoms with Gasteiger partial charge in [-0.1, -0.05) is 45.7 Å². The summed E-state index contributed by atoms with van der Waals surface area (Å²) in [6, 6.07) is 7.70. The highest BCUT2D eigenvalue weighted by Gasteiger charge is 2.42. The van der Waals surface area contributed by atoms with Crippen LogP contribution in [0.5, 0.6) is 0 Å². The Morgan fingerprint density at radius 2 is 1.81 bits per heavy atom. The van der Waals surface area contributed by atoms with Crippen molar-refractivity contribution in [2.45, 2.75) is 82.0 Å². The van der Waals surface area contributed by atoms with Gasteiger partial charge in [-0.3, -0.25) is 4.72 Å². The Balaban J connectivity index is 1.89. The summed E-state index contributed by atoms with van der Waals surface area (Å²) in [6.45, 7) is 5.81. The second-order valence-electron chi connectivity index (χ2n) is 9.18. The van der Waals surface area contributed by atoms with Crippen LogP contribution in [0.4, 0.5) is 18.9 Å². The van der Waals surface area contributed by atoms with Gasteiger partial charge in [-0.05, 0) is 49.1 Å². The van der Waals surface area contributed by atoms with Crippen LogP contribution in [0, 0.1) is 0 Å². The second-order valence-corrected chi connectivity index (χ2v) is 10.8. The van der Waals surface area contributed by atoms with E-state index in [-0.39, 0.29) is 23.4 Å². The highest BCUT2D eigenvalue weighted by atomic mass is 32.2. The molecule has 7 nitrogen and oxygen atoms in total. The average Bonchev–Trinajstić information content (AvgIpc) is 2.81. The van der Waals surface area contributed by atoms with Crippen LogP contribution in [0.15, 0.2) is 59.0 Å². The Bertz CT molecular complexity index is 1250. The fraction of sp³-hybridized carbons (Fsp3) is 0.462. The molecule has 1 aliphatic rings. The molecule has 11 heteroatoms. The van der Waals surface area contributed by atoms with Crippen LogP contribution >= 0.6 is 0 Å². The van der Waals surface area contributed by atoms with Gasteiger partial charge in [0.05, 0.1) is 11.1 Å². The third-order valence-electron chi connectivity index (χ3n) is 6.38. The van der Waals surface area contributed by atoms with Crippen molar-refractivity contribution in [2.75, 3.05) is 4.72 Å². The molecule has 0 radical (unpaired) electrons. The molecule has 0 unspecified atom stereocenters. The van der Waals surface area contributed by atoms with Crippen molar-refractivity contribution >= 4 is 21.7 Å². The molecular weight excluding hydrogens is 509 g/mol. The highest BCUT2D eigenvalue weighted by Crippen LogP contribution is 2.42. The first-order valence-corrected chi connectivity index (χ1v) is 13.7. The zero-order chi connectivity index (χ0) is 27.4. The van der Waals surface area contributed by atoms with Crippen molar-refractivity contribution in [3.8, 4) is 0 Å². The van der Waals surface area contributed by atoms with E-state index in [4.69, 9.17) is 4.74 Å². The van der Waals surface area contributed by atoms with Gasteiger partial charge < -0.3 is 9.84 Å². The van der Waals surface area contributed by atoms with Gasteiger partial charge in [-0.15, -0.1) is 0 Å². The Labute approximate surface area is 214 Å². The number of esters is 1. The molecule has 0 bridgehead atoms. The van der Waals surface area contributed by atoms with Gasteiger partial charge in [-0.2, -0.15) is 21.6 Å². The number of nitrogens with zero attached hydrogens (tertiary/aromatic N) is 1. The minimum atomic E-state index is -4.64. The second kappa shape index (κ2) is 11.1. The number of aliphatic hydroxyl groups excluding tert-OH is 1. The standard InChI is InChI=1S/C26H31F3N2O5S/c1-4-12-25(13-5-2)15-21(32)23(24(33)36-25)20(6-3)17-8-7-9-19(14-17)31-37(34,35)22-11-10-18(16-30-22)26(27,28)29/h7-11,14,16,20,31-32H,4-6,12-13,15H2,1-3H3/t20-/m0/s1. The molecule has 2 N–H and O–H groups in total. The zero-order valence-corrected chi connectivity index (χ0v) is 21.7. The lowest BCUT2D eigenvalue weighted by atomic mass is 9.80. The van der Waals surface area contributed by atoms with Crippen molar-refractivity contribution in [1.29, 1.82) is 0 Å². The molecule has 1 aromatic heterocycles. The van der Waals surface area contributed by atoms with Crippen molar-refractivity contribution in [3.63, 3.8) is 0 Å². The number of cyclic esters (lactones) is 1. The number of hydrogen-bond donors (Lipinski definition) is 2. The van der Waals surface area contributed by atoms with Crippen LogP contribution in [0.25, 0.3) is 0 Å². The van der Waals surface area contributed by atoms with Crippen LogP contribution in [0.3, 0.4) is 0 Å². The van der Waals surface area contributed by atoms with Gasteiger partial charge in [0, 0.05) is 24.2 Å². The van der Waals surface area contributed by atoms with Gasteiger partial charge in [-0.25, -0.2) is 9.78 Å². The predicted octanol–water partition coefficient (Wildman–Crippen LogP) is 6.49. The zero-order valence-electron chi connectivity index (χ0n) is 20.9. The first-order valence-electron chi connectivity index (χ1n) is 12.2. The summed E-state index contributed by atoms with van der Waals surface area (Å²) in [7, 11) is -4.28. The van der Waals surface area contributed by atoms with Crippen molar-refractivity contribution < 1.29 is 36.2 Å². The summed E-state index contributed by atoms with van der Waals surface area (Å²) in [5, 5.41) is 10.4. The van der Waals surface area contributed by atoms with Crippen LogP contribution in [-0.4, -0.2) is 30.1 Å². The fourth-order valence-electron chi connectivity index (χ4n) is 4.80. The largest absolute Gasteiger partial charge is 0.512 e. The molecule has 0 saturated heterocycles. The molecule has 2 heterocycles. The van der Waals surface area contributed by atoms with E-state index in [2.05, 4.69) is 9.71 Å². The number of pyridine rings is 1. The topological polar surface area (TPSA) is 106 Å². The maximum Gasteiger partial charge on any atom is 0.417 e. The summed E-state index contributed by atoms with van der Waals surface area (Å²) < 4.78 is 72.0. The number of carbonyl (C=O) groups is 1. The van der Waals surface area contributed by atoms with E-state index in [9.17, 15) is 31.5 Å². The van der Waals surface area contributed by atoms with Gasteiger partial charge in [0.1, 0.15) is 11.4 Å². The van der Waals surface area contributed by atoms with E-state index >= 15 is 0 Å². The number of rotatable bonds is 10. The maximum atomic E-state index is 13.1. The van der Waals surface area contributed by atoms with Gasteiger partial charge in [0.25, 0.3) is 10.0 Å². The quantitative estimate of drug-likeness (QED) is 0.334. The van der Waals surface area contributed by atoms with Crippen molar-refractivity contribution in [1.82, 2.24) is 4.98 Å². The molecule has 202 valence electrons. The van der Waals surface area contributed by atoms with Crippen LogP contribution in [0.1, 0.15) is 76.3 Å². The molecule has 1 aliphatic heterocycles. The molecule has 0 spiro atoms. The first-order chi connectivity index (χ1) is 17.4. The number of ether oxygens (including phenoxy) is 1. The van der Waals surface area contributed by atoms with Gasteiger partial charge in [0.2, 0.25) is 0 Å². The molecule has 0 saturated carbocycles. The molecule has 37 heavy (non-hydrogen) atoms. The van der Waals surface area contributed by atoms with Crippen LogP contribution in [0.2, 0.25) is 0 Å². The normalized spacial score (nSPS) is 16.9. The number of carbonyl (C=O) groups excluding carboxylic acids is 1. The third-order valence-corrected chi connectivity index (χ3v) is 7.67. The molecule has 0 fully saturated rings. The number of aliphatic hydroxyl groups is 1. The van der Waals surface area contributed by atoms with E-state index in [0.717, 1.165) is 18.9 Å². The molecule has 2 aromatic rings. The first kappa shape index (κ1) is 28.5. The number of hydrogen-bond acceptors (Lipinski definition) is 6. The smallest absolute Gasteiger partial charge is 0.417 e. The van der Waals surface area contributed by atoms with E-state index in [1.54, 1.807) is 12.1 Å². The Kier molecular flexibility index (Phi) is 8.56. The van der Waals surface area contributed by atoms with Crippen LogP contribution < -0.4 is 4.72 Å². The van der Waals surface area contributed by atoms with Gasteiger partial charge >= 0.3 is 12.1 Å². The monoisotopic (exact) mass is 540 g/mol. The van der Waals surface area contributed by atoms with E-state index in [0.29, 0.717) is 37.1 Å². The minimum Gasteiger partial charge on any atom is -0.512 e. The van der Waals surface area contributed by atoms with Gasteiger partial charge in [0.15, 0.2) is 5.03 Å². The SMILES string of the molecule is CCCC1(CCC)CC(O)=C([C@@H](CC)c2cccc(NS(=O)(=O)c3ccc(C(F)(F)F)cn3)c2)C(=O)O1. The number of aromatic nitrogens is 1. The molecule has 3 rings (SSSR count). The molecule has 0 aliphatic carbocycles. The number of nitrogens with one attached hydrogen (secondary N) is 1. The van der Waals surface area contributed by atoms with Crippen LogP contribution in [-0.2, 0) is 25.7 Å². The van der Waals surface area contributed by atoms with E-state index in [1.165, 1.54) is 12.1 Å². The highest BCUT2D eigenvalue weighted by molar-refractivity contribution is 7.92.